The molecule has 0 unspecified atom stereocenters. The lowest BCUT2D eigenvalue weighted by Crippen LogP contribution is -2.31. The third kappa shape index (κ3) is 9.79. The number of benzene rings is 1. The average Bonchev–Trinajstić information content (AvgIpc) is 2.50. The van der Waals surface area contributed by atoms with E-state index < -0.39 is 0 Å². The van der Waals surface area contributed by atoms with E-state index in [-0.39, 0.29) is 12.5 Å². The molecule has 0 bridgehead atoms. The Morgan fingerprint density at radius 1 is 1.13 bits per heavy atom. The molecule has 1 aromatic rings. The zero-order chi connectivity index (χ0) is 17.1. The molecule has 0 atom stereocenters. The van der Waals surface area contributed by atoms with Crippen LogP contribution in [0.5, 0.6) is 11.5 Å². The molecule has 0 aliphatic rings. The highest BCUT2D eigenvalue weighted by atomic mass is 16.5. The second-order valence-corrected chi connectivity index (χ2v) is 6.30. The van der Waals surface area contributed by atoms with Crippen molar-refractivity contribution in [3.8, 4) is 11.5 Å². The van der Waals surface area contributed by atoms with E-state index in [1.54, 1.807) is 0 Å². The molecule has 0 aromatic heterocycles. The summed E-state index contributed by atoms with van der Waals surface area (Å²) in [5.74, 6) is 2.03. The normalized spacial score (nSPS) is 10.9. The molecule has 1 aromatic carbocycles. The van der Waals surface area contributed by atoms with Crippen LogP contribution >= 0.6 is 0 Å². The van der Waals surface area contributed by atoms with Gasteiger partial charge in [0, 0.05) is 6.54 Å². The molecule has 0 fully saturated rings. The van der Waals surface area contributed by atoms with Crippen LogP contribution in [0.25, 0.3) is 0 Å². The van der Waals surface area contributed by atoms with E-state index in [9.17, 15) is 4.79 Å². The quantitative estimate of drug-likeness (QED) is 0.636. The van der Waals surface area contributed by atoms with Crippen molar-refractivity contribution in [2.24, 2.45) is 5.92 Å². The molecule has 0 radical (unpaired) electrons. The SMILES string of the molecule is CC(C)CCOc1ccc(OCC(=O)NCCCN(C)C)cc1. The highest BCUT2D eigenvalue weighted by Gasteiger charge is 2.03. The summed E-state index contributed by atoms with van der Waals surface area (Å²) in [5, 5.41) is 2.84. The number of rotatable bonds is 11. The second-order valence-electron chi connectivity index (χ2n) is 6.30. The van der Waals surface area contributed by atoms with Crippen molar-refractivity contribution in [2.75, 3.05) is 40.4 Å². The molecule has 5 heteroatoms. The Morgan fingerprint density at radius 2 is 1.74 bits per heavy atom. The summed E-state index contributed by atoms with van der Waals surface area (Å²) in [6, 6.07) is 7.38. The first kappa shape index (κ1) is 19.3. The first-order valence-corrected chi connectivity index (χ1v) is 8.24. The maximum Gasteiger partial charge on any atom is 0.257 e. The Labute approximate surface area is 140 Å². The number of hydrogen-bond donors (Lipinski definition) is 1. The van der Waals surface area contributed by atoms with Gasteiger partial charge in [0.25, 0.3) is 5.91 Å². The largest absolute Gasteiger partial charge is 0.494 e. The molecule has 130 valence electrons. The molecule has 5 nitrogen and oxygen atoms in total. The first-order valence-electron chi connectivity index (χ1n) is 8.24. The van der Waals surface area contributed by atoms with Crippen LogP contribution in [0.4, 0.5) is 0 Å². The lowest BCUT2D eigenvalue weighted by molar-refractivity contribution is -0.123. The predicted molar refractivity (Wildman–Crippen MR) is 93.1 cm³/mol. The van der Waals surface area contributed by atoms with Crippen LogP contribution in [-0.4, -0.2) is 51.2 Å². The predicted octanol–water partition coefficient (Wildman–Crippen LogP) is 2.56. The van der Waals surface area contributed by atoms with E-state index in [1.807, 2.05) is 38.4 Å². The molecule has 1 N–H and O–H groups in total. The molecule has 1 rings (SSSR count). The molecule has 0 saturated heterocycles. The van der Waals surface area contributed by atoms with Gasteiger partial charge in [-0.05, 0) is 63.7 Å². The van der Waals surface area contributed by atoms with Gasteiger partial charge in [-0.3, -0.25) is 4.79 Å². The average molecular weight is 322 g/mol. The summed E-state index contributed by atoms with van der Waals surface area (Å²) in [6.07, 6.45) is 1.97. The zero-order valence-electron chi connectivity index (χ0n) is 14.8. The van der Waals surface area contributed by atoms with E-state index in [2.05, 4.69) is 24.1 Å². The van der Waals surface area contributed by atoms with E-state index in [0.29, 0.717) is 24.8 Å². The van der Waals surface area contributed by atoms with Crippen molar-refractivity contribution in [3.63, 3.8) is 0 Å². The molecule has 0 saturated carbocycles. The van der Waals surface area contributed by atoms with Crippen LogP contribution in [0, 0.1) is 5.92 Å². The minimum Gasteiger partial charge on any atom is -0.494 e. The van der Waals surface area contributed by atoms with Crippen molar-refractivity contribution in [2.45, 2.75) is 26.7 Å². The van der Waals surface area contributed by atoms with Crippen molar-refractivity contribution in [3.05, 3.63) is 24.3 Å². The zero-order valence-corrected chi connectivity index (χ0v) is 14.8. The molecule has 0 spiro atoms. The number of ether oxygens (including phenoxy) is 2. The summed E-state index contributed by atoms with van der Waals surface area (Å²) in [4.78, 5) is 13.7. The molecule has 0 heterocycles. The molecule has 23 heavy (non-hydrogen) atoms. The fraction of sp³-hybridized carbons (Fsp3) is 0.611. The fourth-order valence-electron chi connectivity index (χ4n) is 1.87. The lowest BCUT2D eigenvalue weighted by Gasteiger charge is -2.11. The Hall–Kier alpha value is -1.75. The van der Waals surface area contributed by atoms with Crippen molar-refractivity contribution < 1.29 is 14.3 Å². The summed E-state index contributed by atoms with van der Waals surface area (Å²) < 4.78 is 11.1. The van der Waals surface area contributed by atoms with E-state index >= 15 is 0 Å². The van der Waals surface area contributed by atoms with Crippen molar-refractivity contribution >= 4 is 5.91 Å². The molecular weight excluding hydrogens is 292 g/mol. The van der Waals surface area contributed by atoms with Gasteiger partial charge in [0.1, 0.15) is 11.5 Å². The van der Waals surface area contributed by atoms with Crippen LogP contribution < -0.4 is 14.8 Å². The van der Waals surface area contributed by atoms with Gasteiger partial charge in [-0.2, -0.15) is 0 Å². The highest BCUT2D eigenvalue weighted by molar-refractivity contribution is 5.77. The molecular formula is C18H30N2O3. The van der Waals surface area contributed by atoms with E-state index in [1.165, 1.54) is 0 Å². The third-order valence-electron chi connectivity index (χ3n) is 3.26. The van der Waals surface area contributed by atoms with Gasteiger partial charge in [-0.1, -0.05) is 13.8 Å². The monoisotopic (exact) mass is 322 g/mol. The minimum absolute atomic E-state index is 0.0372. The number of carbonyl (C=O) groups excluding carboxylic acids is 1. The summed E-state index contributed by atoms with van der Waals surface area (Å²) in [6.45, 7) is 6.73. The maximum absolute atomic E-state index is 11.7. The Morgan fingerprint density at radius 3 is 2.30 bits per heavy atom. The Kier molecular flexibility index (Phi) is 9.14. The molecule has 0 aliphatic heterocycles. The van der Waals surface area contributed by atoms with Crippen LogP contribution in [0.2, 0.25) is 0 Å². The Balaban J connectivity index is 2.20. The van der Waals surface area contributed by atoms with Crippen molar-refractivity contribution in [1.29, 1.82) is 0 Å². The number of nitrogens with one attached hydrogen (secondary N) is 1. The second kappa shape index (κ2) is 10.9. The van der Waals surface area contributed by atoms with Crippen LogP contribution in [-0.2, 0) is 4.79 Å². The van der Waals surface area contributed by atoms with Gasteiger partial charge in [0.2, 0.25) is 0 Å². The van der Waals surface area contributed by atoms with Gasteiger partial charge >= 0.3 is 0 Å². The van der Waals surface area contributed by atoms with E-state index in [0.717, 1.165) is 25.1 Å². The Bertz CT molecular complexity index is 444. The van der Waals surface area contributed by atoms with Gasteiger partial charge in [-0.25, -0.2) is 0 Å². The molecule has 0 aliphatic carbocycles. The van der Waals surface area contributed by atoms with Gasteiger partial charge < -0.3 is 19.7 Å². The van der Waals surface area contributed by atoms with Crippen LogP contribution in [0.1, 0.15) is 26.7 Å². The van der Waals surface area contributed by atoms with E-state index in [4.69, 9.17) is 9.47 Å². The fourth-order valence-corrected chi connectivity index (χ4v) is 1.87. The standard InChI is InChI=1S/C18H30N2O3/c1-15(2)10-13-22-16-6-8-17(9-7-16)23-14-18(21)19-11-5-12-20(3)4/h6-9,15H,5,10-14H2,1-4H3,(H,19,21). The number of amides is 1. The molecule has 1 amide bonds. The number of carbonyl (C=O) groups is 1. The number of hydrogen-bond acceptors (Lipinski definition) is 4. The summed E-state index contributed by atoms with van der Waals surface area (Å²) >= 11 is 0. The summed E-state index contributed by atoms with van der Waals surface area (Å²) in [7, 11) is 4.03. The number of nitrogens with zero attached hydrogens (tertiary/aromatic N) is 1. The summed E-state index contributed by atoms with van der Waals surface area (Å²) in [5.41, 5.74) is 0. The topological polar surface area (TPSA) is 50.8 Å². The lowest BCUT2D eigenvalue weighted by atomic mass is 10.1. The maximum atomic E-state index is 11.7. The van der Waals surface area contributed by atoms with Gasteiger partial charge in [-0.15, -0.1) is 0 Å². The smallest absolute Gasteiger partial charge is 0.257 e. The van der Waals surface area contributed by atoms with Crippen LogP contribution in [0.15, 0.2) is 24.3 Å². The minimum atomic E-state index is -0.0963. The van der Waals surface area contributed by atoms with Gasteiger partial charge in [0.05, 0.1) is 6.61 Å². The first-order chi connectivity index (χ1) is 11.0. The van der Waals surface area contributed by atoms with Crippen LogP contribution in [0.3, 0.4) is 0 Å². The third-order valence-corrected chi connectivity index (χ3v) is 3.26. The van der Waals surface area contributed by atoms with Crippen molar-refractivity contribution in [1.82, 2.24) is 10.2 Å². The van der Waals surface area contributed by atoms with Gasteiger partial charge in [0.15, 0.2) is 6.61 Å². The highest BCUT2D eigenvalue weighted by Crippen LogP contribution is 2.18.